The zero-order valence-electron chi connectivity index (χ0n) is 16.7. The Morgan fingerprint density at radius 2 is 1.66 bits per heavy atom. The Morgan fingerprint density at radius 1 is 1.00 bits per heavy atom. The van der Waals surface area contributed by atoms with Crippen molar-refractivity contribution in [1.29, 1.82) is 0 Å². The highest BCUT2D eigenvalue weighted by atomic mass is 35.5. The van der Waals surface area contributed by atoms with Crippen molar-refractivity contribution >= 4 is 21.6 Å². The number of piperazine rings is 1. The maximum Gasteiger partial charge on any atom is 0.417 e. The van der Waals surface area contributed by atoms with Crippen LogP contribution in [-0.2, 0) is 22.7 Å². The summed E-state index contributed by atoms with van der Waals surface area (Å²) in [7, 11) is -4.27. The number of halogens is 4. The van der Waals surface area contributed by atoms with Gasteiger partial charge in [0.25, 0.3) is 0 Å². The molecule has 32 heavy (non-hydrogen) atoms. The lowest BCUT2D eigenvalue weighted by Crippen LogP contribution is -2.48. The van der Waals surface area contributed by atoms with Gasteiger partial charge in [0.1, 0.15) is 0 Å². The highest BCUT2D eigenvalue weighted by Gasteiger charge is 2.39. The van der Waals surface area contributed by atoms with Crippen molar-refractivity contribution in [2.45, 2.75) is 17.6 Å². The third-order valence-corrected chi connectivity index (χ3v) is 7.39. The molecule has 2 heterocycles. The molecule has 11 heteroatoms. The summed E-state index contributed by atoms with van der Waals surface area (Å²) in [6, 6.07) is 11.4. The van der Waals surface area contributed by atoms with Crippen LogP contribution in [0.5, 0.6) is 0 Å². The molecular formula is C21H19ClF3N3O3S. The van der Waals surface area contributed by atoms with Gasteiger partial charge in [-0.2, -0.15) is 17.5 Å². The van der Waals surface area contributed by atoms with Gasteiger partial charge >= 0.3 is 6.18 Å². The van der Waals surface area contributed by atoms with Gasteiger partial charge in [-0.3, -0.25) is 4.90 Å². The Kier molecular flexibility index (Phi) is 6.30. The van der Waals surface area contributed by atoms with E-state index < -0.39 is 26.7 Å². The average Bonchev–Trinajstić information content (AvgIpc) is 3.22. The number of hydrogen-bond acceptors (Lipinski definition) is 5. The van der Waals surface area contributed by atoms with Crippen LogP contribution in [0.4, 0.5) is 13.2 Å². The number of nitrogens with zero attached hydrogens (tertiary/aromatic N) is 3. The van der Waals surface area contributed by atoms with Crippen molar-refractivity contribution in [2.24, 2.45) is 0 Å². The van der Waals surface area contributed by atoms with Crippen LogP contribution in [0.25, 0.3) is 11.3 Å². The van der Waals surface area contributed by atoms with Gasteiger partial charge in [-0.25, -0.2) is 13.4 Å². The molecule has 0 amide bonds. The van der Waals surface area contributed by atoms with Gasteiger partial charge in [0.15, 0.2) is 5.76 Å². The molecule has 4 rings (SSSR count). The van der Waals surface area contributed by atoms with Gasteiger partial charge < -0.3 is 4.42 Å². The van der Waals surface area contributed by atoms with E-state index in [4.69, 9.17) is 16.0 Å². The fourth-order valence-corrected chi connectivity index (χ4v) is 5.28. The number of sulfonamides is 1. The topological polar surface area (TPSA) is 66.7 Å². The Labute approximate surface area is 188 Å². The van der Waals surface area contributed by atoms with E-state index >= 15 is 0 Å². The molecule has 1 aliphatic rings. The van der Waals surface area contributed by atoms with E-state index in [1.165, 1.54) is 12.1 Å². The van der Waals surface area contributed by atoms with Crippen molar-refractivity contribution < 1.29 is 26.0 Å². The average molecular weight is 486 g/mol. The molecule has 6 nitrogen and oxygen atoms in total. The van der Waals surface area contributed by atoms with E-state index in [2.05, 4.69) is 4.98 Å². The van der Waals surface area contributed by atoms with Crippen LogP contribution in [0, 0.1) is 0 Å². The predicted octanol–water partition coefficient (Wildman–Crippen LogP) is 4.52. The van der Waals surface area contributed by atoms with Crippen LogP contribution < -0.4 is 0 Å². The molecule has 0 bridgehead atoms. The maximum atomic E-state index is 13.3. The summed E-state index contributed by atoms with van der Waals surface area (Å²) in [6.07, 6.45) is -3.15. The maximum absolute atomic E-state index is 13.3. The van der Waals surface area contributed by atoms with Gasteiger partial charge in [0, 0.05) is 36.8 Å². The first kappa shape index (κ1) is 22.8. The fraction of sp³-hybridized carbons (Fsp3) is 0.286. The zero-order chi connectivity index (χ0) is 22.9. The first-order valence-corrected chi connectivity index (χ1v) is 11.6. The number of rotatable bonds is 5. The quantitative estimate of drug-likeness (QED) is 0.531. The van der Waals surface area contributed by atoms with Crippen molar-refractivity contribution in [3.8, 4) is 11.3 Å². The van der Waals surface area contributed by atoms with E-state index in [0.29, 0.717) is 36.3 Å². The third-order valence-electron chi connectivity index (χ3n) is 5.18. The minimum Gasteiger partial charge on any atom is -0.439 e. The molecule has 1 saturated heterocycles. The zero-order valence-corrected chi connectivity index (χ0v) is 18.3. The number of hydrogen-bond donors (Lipinski definition) is 0. The molecule has 2 aromatic carbocycles. The Hall–Kier alpha value is -2.40. The standard InChI is InChI=1S/C21H19ClF3N3O3S/c22-16-7-5-15(6-8-16)18-13-26-20(31-18)14-27-9-11-28(12-10-27)32(29,30)19-4-2-1-3-17(19)21(23,24)25/h1-8,13H,9-12,14H2. The Balaban J connectivity index is 1.41. The Morgan fingerprint density at radius 3 is 2.31 bits per heavy atom. The summed E-state index contributed by atoms with van der Waals surface area (Å²) in [6.45, 7) is 1.18. The Bertz CT molecular complexity index is 1190. The highest BCUT2D eigenvalue weighted by molar-refractivity contribution is 7.89. The van der Waals surface area contributed by atoms with Crippen LogP contribution in [0.3, 0.4) is 0 Å². The molecule has 1 fully saturated rings. The molecule has 1 aliphatic heterocycles. The van der Waals surface area contributed by atoms with E-state index in [1.807, 2.05) is 17.0 Å². The number of oxazole rings is 1. The lowest BCUT2D eigenvalue weighted by Gasteiger charge is -2.33. The van der Waals surface area contributed by atoms with Crippen molar-refractivity contribution in [3.63, 3.8) is 0 Å². The van der Waals surface area contributed by atoms with Crippen LogP contribution in [0.2, 0.25) is 5.02 Å². The SMILES string of the molecule is O=S(=O)(c1ccccc1C(F)(F)F)N1CCN(Cc2ncc(-c3ccc(Cl)cc3)o2)CC1. The molecular weight excluding hydrogens is 467 g/mol. The smallest absolute Gasteiger partial charge is 0.417 e. The number of benzene rings is 2. The van der Waals surface area contributed by atoms with Gasteiger partial charge in [-0.05, 0) is 36.4 Å². The summed E-state index contributed by atoms with van der Waals surface area (Å²) in [5, 5.41) is 0.610. The van der Waals surface area contributed by atoms with Crippen LogP contribution in [0.1, 0.15) is 11.5 Å². The van der Waals surface area contributed by atoms with E-state index in [-0.39, 0.29) is 13.1 Å². The summed E-state index contributed by atoms with van der Waals surface area (Å²) >= 11 is 5.89. The highest BCUT2D eigenvalue weighted by Crippen LogP contribution is 2.35. The summed E-state index contributed by atoms with van der Waals surface area (Å²) < 4.78 is 72.4. The minimum absolute atomic E-state index is 0.0687. The number of alkyl halides is 3. The van der Waals surface area contributed by atoms with Gasteiger partial charge in [0.05, 0.1) is 23.2 Å². The molecule has 0 radical (unpaired) electrons. The first-order chi connectivity index (χ1) is 15.1. The molecule has 0 saturated carbocycles. The number of aromatic nitrogens is 1. The summed E-state index contributed by atoms with van der Waals surface area (Å²) in [5.41, 5.74) is -0.329. The lowest BCUT2D eigenvalue weighted by molar-refractivity contribution is -0.139. The van der Waals surface area contributed by atoms with Crippen molar-refractivity contribution in [2.75, 3.05) is 26.2 Å². The van der Waals surface area contributed by atoms with Crippen LogP contribution >= 0.6 is 11.6 Å². The monoisotopic (exact) mass is 485 g/mol. The largest absolute Gasteiger partial charge is 0.439 e. The van der Waals surface area contributed by atoms with E-state index in [9.17, 15) is 21.6 Å². The molecule has 0 spiro atoms. The van der Waals surface area contributed by atoms with Gasteiger partial charge in [-0.15, -0.1) is 0 Å². The van der Waals surface area contributed by atoms with Crippen molar-refractivity contribution in [3.05, 3.63) is 71.2 Å². The normalized spacial score (nSPS) is 16.4. The fourth-order valence-electron chi connectivity index (χ4n) is 3.52. The summed E-state index contributed by atoms with van der Waals surface area (Å²) in [5.74, 6) is 1.05. The molecule has 0 N–H and O–H groups in total. The second-order valence-electron chi connectivity index (χ2n) is 7.30. The second-order valence-corrected chi connectivity index (χ2v) is 9.64. The van der Waals surface area contributed by atoms with E-state index in [0.717, 1.165) is 22.0 Å². The molecule has 170 valence electrons. The molecule has 1 aromatic heterocycles. The minimum atomic E-state index is -4.75. The first-order valence-electron chi connectivity index (χ1n) is 9.74. The van der Waals surface area contributed by atoms with Gasteiger partial charge in [0.2, 0.25) is 15.9 Å². The molecule has 3 aromatic rings. The van der Waals surface area contributed by atoms with Gasteiger partial charge in [-0.1, -0.05) is 23.7 Å². The van der Waals surface area contributed by atoms with Crippen LogP contribution in [-0.4, -0.2) is 48.8 Å². The second kappa shape index (κ2) is 8.86. The molecule has 0 unspecified atom stereocenters. The summed E-state index contributed by atoms with van der Waals surface area (Å²) in [4.78, 5) is 5.49. The van der Waals surface area contributed by atoms with Crippen molar-refractivity contribution in [1.82, 2.24) is 14.2 Å². The van der Waals surface area contributed by atoms with E-state index in [1.54, 1.807) is 18.3 Å². The predicted molar refractivity (Wildman–Crippen MR) is 112 cm³/mol. The third kappa shape index (κ3) is 4.83. The van der Waals surface area contributed by atoms with Crippen LogP contribution in [0.15, 0.2) is 64.0 Å². The molecule has 0 atom stereocenters. The molecule has 0 aliphatic carbocycles. The lowest BCUT2D eigenvalue weighted by atomic mass is 10.2.